The van der Waals surface area contributed by atoms with E-state index >= 15 is 0 Å². The minimum absolute atomic E-state index is 0.00580. The van der Waals surface area contributed by atoms with Crippen molar-refractivity contribution in [3.05, 3.63) is 105 Å². The molecule has 0 aliphatic carbocycles. The van der Waals surface area contributed by atoms with E-state index < -0.39 is 6.04 Å². The standard InChI is InChI=1S/C29H32Cl2N2O2/c1-4-21(3)32-29(35)27(17-22-11-6-5-7-12-22)33(19-24-13-9-8-10-20(24)2)28(34)18-23-14-15-25(30)26(31)16-23/h5-16,21,27H,4,17-19H2,1-3H3,(H,32,35)/t21-,27-/m0/s1. The zero-order valence-corrected chi connectivity index (χ0v) is 21.9. The number of nitrogens with one attached hydrogen (secondary N) is 1. The topological polar surface area (TPSA) is 49.4 Å². The van der Waals surface area contributed by atoms with Crippen LogP contribution in [-0.4, -0.2) is 28.8 Å². The molecular weight excluding hydrogens is 479 g/mol. The summed E-state index contributed by atoms with van der Waals surface area (Å²) < 4.78 is 0. The number of nitrogens with zero attached hydrogens (tertiary/aromatic N) is 1. The number of carbonyl (C=O) groups is 2. The molecule has 0 unspecified atom stereocenters. The number of benzene rings is 3. The molecule has 1 N–H and O–H groups in total. The monoisotopic (exact) mass is 510 g/mol. The Morgan fingerprint density at radius 1 is 0.914 bits per heavy atom. The van der Waals surface area contributed by atoms with E-state index in [2.05, 4.69) is 5.32 Å². The van der Waals surface area contributed by atoms with Crippen molar-refractivity contribution in [1.29, 1.82) is 0 Å². The van der Waals surface area contributed by atoms with Crippen LogP contribution in [0.25, 0.3) is 0 Å². The summed E-state index contributed by atoms with van der Waals surface area (Å²) in [7, 11) is 0. The second-order valence-corrected chi connectivity index (χ2v) is 9.71. The molecule has 0 radical (unpaired) electrons. The quantitative estimate of drug-likeness (QED) is 0.343. The minimum atomic E-state index is -0.665. The van der Waals surface area contributed by atoms with Gasteiger partial charge in [0.15, 0.2) is 0 Å². The third-order valence-corrected chi connectivity index (χ3v) is 6.95. The molecule has 3 rings (SSSR count). The summed E-state index contributed by atoms with van der Waals surface area (Å²) in [5.74, 6) is -0.300. The minimum Gasteiger partial charge on any atom is -0.352 e. The van der Waals surface area contributed by atoms with Crippen LogP contribution in [0.4, 0.5) is 0 Å². The van der Waals surface area contributed by atoms with Crippen LogP contribution in [0, 0.1) is 6.92 Å². The summed E-state index contributed by atoms with van der Waals surface area (Å²) in [5, 5.41) is 3.93. The Morgan fingerprint density at radius 2 is 1.60 bits per heavy atom. The highest BCUT2D eigenvalue weighted by molar-refractivity contribution is 6.42. The van der Waals surface area contributed by atoms with Crippen LogP contribution in [-0.2, 0) is 29.0 Å². The first kappa shape index (κ1) is 26.8. The molecule has 2 atom stereocenters. The van der Waals surface area contributed by atoms with Crippen molar-refractivity contribution in [1.82, 2.24) is 10.2 Å². The Kier molecular flexibility index (Phi) is 9.76. The predicted molar refractivity (Wildman–Crippen MR) is 144 cm³/mol. The van der Waals surface area contributed by atoms with E-state index in [0.29, 0.717) is 23.0 Å². The zero-order chi connectivity index (χ0) is 25.4. The molecule has 0 saturated carbocycles. The molecule has 0 saturated heterocycles. The highest BCUT2D eigenvalue weighted by Gasteiger charge is 2.31. The summed E-state index contributed by atoms with van der Waals surface area (Å²) in [6, 6.07) is 22.3. The molecule has 0 fully saturated rings. The van der Waals surface area contributed by atoms with Gasteiger partial charge in [0, 0.05) is 19.0 Å². The second-order valence-electron chi connectivity index (χ2n) is 8.90. The second kappa shape index (κ2) is 12.8. The van der Waals surface area contributed by atoms with Crippen LogP contribution in [0.2, 0.25) is 10.0 Å². The average Bonchev–Trinajstić information content (AvgIpc) is 2.85. The third-order valence-electron chi connectivity index (χ3n) is 6.21. The number of amides is 2. The van der Waals surface area contributed by atoms with Crippen LogP contribution >= 0.6 is 23.2 Å². The van der Waals surface area contributed by atoms with Gasteiger partial charge in [-0.25, -0.2) is 0 Å². The fraction of sp³-hybridized carbons (Fsp3) is 0.310. The van der Waals surface area contributed by atoms with Gasteiger partial charge in [0.25, 0.3) is 0 Å². The third kappa shape index (κ3) is 7.58. The predicted octanol–water partition coefficient (Wildman–Crippen LogP) is 6.40. The van der Waals surface area contributed by atoms with E-state index in [4.69, 9.17) is 23.2 Å². The molecule has 4 nitrogen and oxygen atoms in total. The van der Waals surface area contributed by atoms with E-state index in [9.17, 15) is 9.59 Å². The molecular formula is C29H32Cl2N2O2. The van der Waals surface area contributed by atoms with Gasteiger partial charge in [-0.1, -0.05) is 90.8 Å². The van der Waals surface area contributed by atoms with E-state index in [1.807, 2.05) is 75.4 Å². The molecule has 35 heavy (non-hydrogen) atoms. The molecule has 0 aromatic heterocycles. The van der Waals surface area contributed by atoms with Crippen molar-refractivity contribution in [3.63, 3.8) is 0 Å². The number of hydrogen-bond donors (Lipinski definition) is 1. The summed E-state index contributed by atoms with van der Waals surface area (Å²) in [5.41, 5.74) is 3.82. The molecule has 184 valence electrons. The Balaban J connectivity index is 1.99. The van der Waals surface area contributed by atoms with Gasteiger partial charge < -0.3 is 10.2 Å². The lowest BCUT2D eigenvalue weighted by Crippen LogP contribution is -2.52. The van der Waals surface area contributed by atoms with Crippen LogP contribution in [0.1, 0.15) is 42.5 Å². The first-order chi connectivity index (χ1) is 16.8. The number of rotatable bonds is 10. The van der Waals surface area contributed by atoms with Crippen molar-refractivity contribution in [2.75, 3.05) is 0 Å². The highest BCUT2D eigenvalue weighted by Crippen LogP contribution is 2.24. The Morgan fingerprint density at radius 3 is 2.26 bits per heavy atom. The smallest absolute Gasteiger partial charge is 0.243 e. The Labute approximate surface area is 218 Å². The van der Waals surface area contributed by atoms with Crippen molar-refractivity contribution >= 4 is 35.0 Å². The lowest BCUT2D eigenvalue weighted by atomic mass is 10.00. The first-order valence-electron chi connectivity index (χ1n) is 11.9. The molecule has 0 bridgehead atoms. The van der Waals surface area contributed by atoms with Gasteiger partial charge in [-0.2, -0.15) is 0 Å². The first-order valence-corrected chi connectivity index (χ1v) is 12.7. The van der Waals surface area contributed by atoms with Gasteiger partial charge in [0.05, 0.1) is 16.5 Å². The zero-order valence-electron chi connectivity index (χ0n) is 20.4. The van der Waals surface area contributed by atoms with Crippen molar-refractivity contribution in [3.8, 4) is 0 Å². The van der Waals surface area contributed by atoms with E-state index in [1.165, 1.54) is 0 Å². The van der Waals surface area contributed by atoms with Crippen LogP contribution in [0.5, 0.6) is 0 Å². The van der Waals surface area contributed by atoms with E-state index in [1.54, 1.807) is 23.1 Å². The summed E-state index contributed by atoms with van der Waals surface area (Å²) in [6.07, 6.45) is 1.34. The van der Waals surface area contributed by atoms with Crippen LogP contribution in [0.15, 0.2) is 72.8 Å². The van der Waals surface area contributed by atoms with Crippen LogP contribution in [0.3, 0.4) is 0 Å². The van der Waals surface area contributed by atoms with Gasteiger partial charge in [0.1, 0.15) is 6.04 Å². The molecule has 2 amide bonds. The summed E-state index contributed by atoms with van der Waals surface area (Å²) in [4.78, 5) is 29.0. The van der Waals surface area contributed by atoms with Gasteiger partial charge >= 0.3 is 0 Å². The summed E-state index contributed by atoms with van der Waals surface area (Å²) in [6.45, 7) is 6.35. The normalized spacial score (nSPS) is 12.6. The van der Waals surface area contributed by atoms with E-state index in [0.717, 1.165) is 28.7 Å². The number of hydrogen-bond acceptors (Lipinski definition) is 2. The highest BCUT2D eigenvalue weighted by atomic mass is 35.5. The maximum atomic E-state index is 13.8. The van der Waals surface area contributed by atoms with Gasteiger partial charge in [0.2, 0.25) is 11.8 Å². The maximum absolute atomic E-state index is 13.8. The van der Waals surface area contributed by atoms with Crippen molar-refractivity contribution in [2.45, 2.75) is 58.7 Å². The molecule has 6 heteroatoms. The van der Waals surface area contributed by atoms with Crippen molar-refractivity contribution < 1.29 is 9.59 Å². The SMILES string of the molecule is CC[C@H](C)NC(=O)[C@H](Cc1ccccc1)N(Cc1ccccc1C)C(=O)Cc1ccc(Cl)c(Cl)c1. The molecule has 0 aliphatic heterocycles. The molecule has 0 spiro atoms. The number of carbonyl (C=O) groups excluding carboxylic acids is 2. The van der Waals surface area contributed by atoms with Gasteiger partial charge in [-0.15, -0.1) is 0 Å². The molecule has 3 aromatic rings. The maximum Gasteiger partial charge on any atom is 0.243 e. The van der Waals surface area contributed by atoms with E-state index in [-0.39, 0.29) is 24.3 Å². The fourth-order valence-electron chi connectivity index (χ4n) is 3.89. The van der Waals surface area contributed by atoms with Crippen LogP contribution < -0.4 is 5.32 Å². The fourth-order valence-corrected chi connectivity index (χ4v) is 4.21. The molecule has 0 heterocycles. The van der Waals surface area contributed by atoms with Gasteiger partial charge in [-0.3, -0.25) is 9.59 Å². The molecule has 3 aromatic carbocycles. The lowest BCUT2D eigenvalue weighted by molar-refractivity contribution is -0.141. The summed E-state index contributed by atoms with van der Waals surface area (Å²) >= 11 is 12.3. The van der Waals surface area contributed by atoms with Crippen molar-refractivity contribution in [2.24, 2.45) is 0 Å². The Hall–Kier alpha value is -2.82. The number of halogens is 2. The molecule has 0 aliphatic rings. The van der Waals surface area contributed by atoms with Gasteiger partial charge in [-0.05, 0) is 54.7 Å². The average molecular weight is 511 g/mol. The Bertz CT molecular complexity index is 1150. The largest absolute Gasteiger partial charge is 0.352 e. The number of aryl methyl sites for hydroxylation is 1. The lowest BCUT2D eigenvalue weighted by Gasteiger charge is -2.33.